The van der Waals surface area contributed by atoms with Crippen molar-refractivity contribution in [2.75, 3.05) is 6.54 Å². The molecule has 1 aromatic carbocycles. The lowest BCUT2D eigenvalue weighted by Crippen LogP contribution is -2.20. The van der Waals surface area contributed by atoms with Gasteiger partial charge in [0.1, 0.15) is 0 Å². The molecule has 0 unspecified atom stereocenters. The number of aryl methyl sites for hydroxylation is 1. The summed E-state index contributed by atoms with van der Waals surface area (Å²) in [6.07, 6.45) is 0.657. The van der Waals surface area contributed by atoms with Gasteiger partial charge in [0.2, 0.25) is 5.91 Å². The van der Waals surface area contributed by atoms with Crippen molar-refractivity contribution in [3.63, 3.8) is 0 Å². The Hall–Kier alpha value is -2.34. The molecule has 2 rings (SSSR count). The van der Waals surface area contributed by atoms with Gasteiger partial charge in [-0.2, -0.15) is 0 Å². The molecular weight excluding hydrogens is 236 g/mol. The van der Waals surface area contributed by atoms with Crippen molar-refractivity contribution in [2.24, 2.45) is 0 Å². The smallest absolute Gasteiger partial charge is 0.216 e. The van der Waals surface area contributed by atoms with Gasteiger partial charge in [-0.25, -0.2) is 0 Å². The van der Waals surface area contributed by atoms with Crippen molar-refractivity contribution < 1.29 is 4.79 Å². The summed E-state index contributed by atoms with van der Waals surface area (Å²) < 4.78 is 0. The molecule has 3 heteroatoms. The maximum atomic E-state index is 10.7. The Labute approximate surface area is 113 Å². The second-order valence-electron chi connectivity index (χ2n) is 4.39. The van der Waals surface area contributed by atoms with E-state index >= 15 is 0 Å². The van der Waals surface area contributed by atoms with Crippen LogP contribution in [0, 0.1) is 18.8 Å². The molecule has 0 saturated carbocycles. The minimum atomic E-state index is -0.0195. The van der Waals surface area contributed by atoms with E-state index in [0.29, 0.717) is 13.0 Å². The summed E-state index contributed by atoms with van der Waals surface area (Å²) in [6, 6.07) is 10.0. The predicted molar refractivity (Wildman–Crippen MR) is 76.7 cm³/mol. The van der Waals surface area contributed by atoms with Crippen LogP contribution < -0.4 is 5.32 Å². The van der Waals surface area contributed by atoms with Crippen LogP contribution in [0.3, 0.4) is 0 Å². The predicted octanol–water partition coefficient (Wildman–Crippen LogP) is 2.42. The summed E-state index contributed by atoms with van der Waals surface area (Å²) in [5.74, 6) is 6.12. The molecule has 0 fully saturated rings. The highest BCUT2D eigenvalue weighted by Gasteiger charge is 1.96. The zero-order chi connectivity index (χ0) is 13.7. The number of fused-ring (bicyclic) bond motifs is 1. The Morgan fingerprint density at radius 1 is 1.32 bits per heavy atom. The molecule has 0 aliphatic rings. The van der Waals surface area contributed by atoms with Crippen molar-refractivity contribution in [3.8, 4) is 11.8 Å². The average Bonchev–Trinajstić information content (AvgIpc) is 2.38. The molecule has 0 atom stereocenters. The van der Waals surface area contributed by atoms with E-state index in [2.05, 4.69) is 28.2 Å². The van der Waals surface area contributed by atoms with Gasteiger partial charge in [-0.3, -0.25) is 9.78 Å². The molecule has 0 saturated heterocycles. The average molecular weight is 252 g/mol. The summed E-state index contributed by atoms with van der Waals surface area (Å²) in [4.78, 5) is 15.1. The number of hydrogen-bond donors (Lipinski definition) is 1. The maximum Gasteiger partial charge on any atom is 0.216 e. The fraction of sp³-hybridized carbons (Fsp3) is 0.250. The van der Waals surface area contributed by atoms with Crippen LogP contribution >= 0.6 is 0 Å². The van der Waals surface area contributed by atoms with E-state index in [0.717, 1.165) is 22.2 Å². The molecule has 2 aromatic rings. The first kappa shape index (κ1) is 13.1. The van der Waals surface area contributed by atoms with Crippen LogP contribution in [0.4, 0.5) is 0 Å². The fourth-order valence-electron chi connectivity index (χ4n) is 1.77. The first-order valence-electron chi connectivity index (χ1n) is 6.26. The molecule has 19 heavy (non-hydrogen) atoms. The second-order valence-corrected chi connectivity index (χ2v) is 4.39. The monoisotopic (exact) mass is 252 g/mol. The zero-order valence-corrected chi connectivity index (χ0v) is 11.2. The van der Waals surface area contributed by atoms with Crippen LogP contribution in [0.2, 0.25) is 0 Å². The van der Waals surface area contributed by atoms with Crippen LogP contribution in [0.5, 0.6) is 0 Å². The summed E-state index contributed by atoms with van der Waals surface area (Å²) >= 11 is 0. The van der Waals surface area contributed by atoms with E-state index in [1.54, 1.807) is 0 Å². The minimum absolute atomic E-state index is 0.0195. The van der Waals surface area contributed by atoms with E-state index in [1.165, 1.54) is 6.92 Å². The molecule has 0 bridgehead atoms. The summed E-state index contributed by atoms with van der Waals surface area (Å²) in [5.41, 5.74) is 2.98. The number of carbonyl (C=O) groups excluding carboxylic acids is 1. The number of hydrogen-bond acceptors (Lipinski definition) is 2. The van der Waals surface area contributed by atoms with Crippen LogP contribution in [0.15, 0.2) is 30.3 Å². The molecular formula is C16H16N2O. The number of rotatable bonds is 2. The van der Waals surface area contributed by atoms with Gasteiger partial charge in [0.05, 0.1) is 5.52 Å². The zero-order valence-electron chi connectivity index (χ0n) is 11.2. The van der Waals surface area contributed by atoms with Gasteiger partial charge in [0, 0.05) is 36.5 Å². The number of aromatic nitrogens is 1. The Morgan fingerprint density at radius 3 is 2.95 bits per heavy atom. The Kier molecular flexibility index (Phi) is 4.15. The van der Waals surface area contributed by atoms with E-state index < -0.39 is 0 Å². The molecule has 0 aliphatic carbocycles. The van der Waals surface area contributed by atoms with Crippen LogP contribution in [-0.2, 0) is 4.79 Å². The molecule has 0 radical (unpaired) electrons. The number of pyridine rings is 1. The Bertz CT molecular complexity index is 665. The highest BCUT2D eigenvalue weighted by Crippen LogP contribution is 2.14. The highest BCUT2D eigenvalue weighted by molar-refractivity contribution is 5.80. The molecule has 1 aromatic heterocycles. The first-order valence-corrected chi connectivity index (χ1v) is 6.26. The minimum Gasteiger partial charge on any atom is -0.355 e. The largest absolute Gasteiger partial charge is 0.355 e. The van der Waals surface area contributed by atoms with E-state index in [1.807, 2.05) is 31.2 Å². The van der Waals surface area contributed by atoms with E-state index in [-0.39, 0.29) is 5.91 Å². The van der Waals surface area contributed by atoms with Gasteiger partial charge in [0.15, 0.2) is 0 Å². The van der Waals surface area contributed by atoms with E-state index in [9.17, 15) is 4.79 Å². The van der Waals surface area contributed by atoms with Crippen LogP contribution in [0.25, 0.3) is 10.9 Å². The van der Waals surface area contributed by atoms with Gasteiger partial charge in [0.25, 0.3) is 0 Å². The molecule has 0 spiro atoms. The number of amides is 1. The van der Waals surface area contributed by atoms with Gasteiger partial charge in [-0.05, 0) is 31.2 Å². The SMILES string of the molecule is CC(=O)NCCC#Cc1ccc2nc(C)ccc2c1. The molecule has 0 aliphatic heterocycles. The quantitative estimate of drug-likeness (QED) is 0.659. The normalized spacial score (nSPS) is 9.79. The van der Waals surface area contributed by atoms with Crippen molar-refractivity contribution in [1.29, 1.82) is 0 Å². The molecule has 3 nitrogen and oxygen atoms in total. The molecule has 96 valence electrons. The molecule has 1 N–H and O–H groups in total. The number of nitrogens with one attached hydrogen (secondary N) is 1. The number of benzene rings is 1. The first-order chi connectivity index (χ1) is 9.15. The third-order valence-corrected chi connectivity index (χ3v) is 2.69. The van der Waals surface area contributed by atoms with Gasteiger partial charge in [-0.1, -0.05) is 17.9 Å². The Balaban J connectivity index is 2.07. The topological polar surface area (TPSA) is 42.0 Å². The standard InChI is InChI=1S/C16H16N2O/c1-12-6-8-15-11-14(7-9-16(15)18-12)5-3-4-10-17-13(2)19/h6-9,11H,4,10H2,1-2H3,(H,17,19). The lowest BCUT2D eigenvalue weighted by Gasteiger charge is -1.99. The third-order valence-electron chi connectivity index (χ3n) is 2.69. The Morgan fingerprint density at radius 2 is 2.16 bits per heavy atom. The number of nitrogens with zero attached hydrogens (tertiary/aromatic N) is 1. The van der Waals surface area contributed by atoms with Crippen LogP contribution in [0.1, 0.15) is 24.6 Å². The fourth-order valence-corrected chi connectivity index (χ4v) is 1.77. The van der Waals surface area contributed by atoms with Gasteiger partial charge >= 0.3 is 0 Å². The lowest BCUT2D eigenvalue weighted by atomic mass is 10.1. The third kappa shape index (κ3) is 3.82. The summed E-state index contributed by atoms with van der Waals surface area (Å²) in [6.45, 7) is 4.08. The van der Waals surface area contributed by atoms with Crippen molar-refractivity contribution in [1.82, 2.24) is 10.3 Å². The van der Waals surface area contributed by atoms with Gasteiger partial charge < -0.3 is 5.32 Å². The second kappa shape index (κ2) is 6.01. The van der Waals surface area contributed by atoms with Crippen LogP contribution in [-0.4, -0.2) is 17.4 Å². The number of carbonyl (C=O) groups is 1. The maximum absolute atomic E-state index is 10.7. The summed E-state index contributed by atoms with van der Waals surface area (Å²) in [5, 5.41) is 3.81. The molecule has 1 amide bonds. The molecule has 1 heterocycles. The lowest BCUT2D eigenvalue weighted by molar-refractivity contribution is -0.118. The van der Waals surface area contributed by atoms with Crippen molar-refractivity contribution in [3.05, 3.63) is 41.6 Å². The van der Waals surface area contributed by atoms with Crippen molar-refractivity contribution in [2.45, 2.75) is 20.3 Å². The highest BCUT2D eigenvalue weighted by atomic mass is 16.1. The van der Waals surface area contributed by atoms with Crippen molar-refractivity contribution >= 4 is 16.8 Å². The summed E-state index contributed by atoms with van der Waals surface area (Å²) in [7, 11) is 0. The van der Waals surface area contributed by atoms with Gasteiger partial charge in [-0.15, -0.1) is 0 Å². The van der Waals surface area contributed by atoms with E-state index in [4.69, 9.17) is 0 Å².